The van der Waals surface area contributed by atoms with E-state index in [9.17, 15) is 79.0 Å². The van der Waals surface area contributed by atoms with Gasteiger partial charge in [0.25, 0.3) is 0 Å². The largest absolute Gasteiger partial charge is 0.422 e. The van der Waals surface area contributed by atoms with E-state index in [1.54, 1.807) is 32.0 Å². The second-order valence-corrected chi connectivity index (χ2v) is 16.1. The van der Waals surface area contributed by atoms with Crippen LogP contribution in [-0.2, 0) is 6.18 Å². The van der Waals surface area contributed by atoms with E-state index in [0.29, 0.717) is 5.92 Å². The first-order valence-electron chi connectivity index (χ1n) is 20.5. The molecule has 0 nitrogen and oxygen atoms in total. The van der Waals surface area contributed by atoms with Crippen molar-refractivity contribution in [1.82, 2.24) is 0 Å². The van der Waals surface area contributed by atoms with E-state index in [1.807, 2.05) is 39.8 Å². The second kappa shape index (κ2) is 26.6. The summed E-state index contributed by atoms with van der Waals surface area (Å²) in [4.78, 5) is 0. The normalized spacial score (nSPS) is 10.8. The van der Waals surface area contributed by atoms with E-state index in [2.05, 4.69) is 23.7 Å². The van der Waals surface area contributed by atoms with Gasteiger partial charge in [0.2, 0.25) is 5.82 Å². The molecular formula is C51H46F18. The lowest BCUT2D eigenvalue weighted by molar-refractivity contribution is -0.143. The lowest BCUT2D eigenvalue weighted by Gasteiger charge is -2.15. The summed E-state index contributed by atoms with van der Waals surface area (Å²) in [6.45, 7) is 17.8. The number of hydrogen-bond donors (Lipinski definition) is 0. The Bertz CT molecular complexity index is 2570. The van der Waals surface area contributed by atoms with Crippen LogP contribution in [0.25, 0.3) is 0 Å². The fourth-order valence-electron chi connectivity index (χ4n) is 5.34. The van der Waals surface area contributed by atoms with Crippen LogP contribution in [0.5, 0.6) is 0 Å². The Morgan fingerprint density at radius 2 is 0.754 bits per heavy atom. The van der Waals surface area contributed by atoms with Gasteiger partial charge in [0.15, 0.2) is 69.8 Å². The Labute approximate surface area is 388 Å². The molecule has 0 aliphatic carbocycles. The van der Waals surface area contributed by atoms with Crippen molar-refractivity contribution in [2.24, 2.45) is 11.8 Å². The first-order valence-corrected chi connectivity index (χ1v) is 20.5. The van der Waals surface area contributed by atoms with Gasteiger partial charge in [0.05, 0.1) is 5.56 Å². The van der Waals surface area contributed by atoms with Crippen molar-refractivity contribution in [3.05, 3.63) is 175 Å². The van der Waals surface area contributed by atoms with Gasteiger partial charge in [0.1, 0.15) is 17.2 Å². The lowest BCUT2D eigenvalue weighted by Crippen LogP contribution is -2.17. The fraction of sp³-hybridized carbons (Fsp3) is 0.333. The molecule has 0 aromatic heterocycles. The van der Waals surface area contributed by atoms with Crippen molar-refractivity contribution in [3.63, 3.8) is 0 Å². The SMILES string of the molecule is CC(C)C#Cc1ccc(F)cc1.CC(C)c1c(F)c(F)c(C(F)(F)F)c(F)c1F.CC(C)c1c(F)c(F)c(F)c(F)c1F.CC(C)c1ccccc1F.Cc1c(F)c(F)c(F)c(F)c1C#CC(C)C. The summed E-state index contributed by atoms with van der Waals surface area (Å²) in [5, 5.41) is 0. The third-order valence-electron chi connectivity index (χ3n) is 8.84. The minimum atomic E-state index is -5.49. The molecule has 0 saturated carbocycles. The van der Waals surface area contributed by atoms with E-state index >= 15 is 0 Å². The van der Waals surface area contributed by atoms with Crippen molar-refractivity contribution < 1.29 is 79.0 Å². The van der Waals surface area contributed by atoms with Crippen LogP contribution in [0.4, 0.5) is 79.0 Å². The second-order valence-electron chi connectivity index (χ2n) is 16.1. The first kappa shape index (κ1) is 61.0. The maximum atomic E-state index is 13.3. The zero-order chi connectivity index (χ0) is 53.6. The van der Waals surface area contributed by atoms with Gasteiger partial charge in [-0.2, -0.15) is 13.2 Å². The van der Waals surface area contributed by atoms with Crippen LogP contribution >= 0.6 is 0 Å². The molecule has 0 N–H and O–H groups in total. The molecule has 69 heavy (non-hydrogen) atoms. The van der Waals surface area contributed by atoms with Crippen LogP contribution in [0, 0.1) is 130 Å². The number of halogens is 18. The van der Waals surface area contributed by atoms with Crippen molar-refractivity contribution in [2.45, 2.75) is 100 Å². The maximum Gasteiger partial charge on any atom is 0.422 e. The molecule has 5 rings (SSSR count). The van der Waals surface area contributed by atoms with Crippen molar-refractivity contribution in [1.29, 1.82) is 0 Å². The Hall–Kier alpha value is -6.04. The predicted molar refractivity (Wildman–Crippen MR) is 227 cm³/mol. The lowest BCUT2D eigenvalue weighted by atomic mass is 9.98. The summed E-state index contributed by atoms with van der Waals surface area (Å²) in [5.41, 5.74) is -3.44. The zero-order valence-corrected chi connectivity index (χ0v) is 38.8. The molecule has 0 unspecified atom stereocenters. The number of benzene rings is 5. The van der Waals surface area contributed by atoms with Crippen LogP contribution in [0.1, 0.15) is 126 Å². The number of rotatable bonds is 3. The van der Waals surface area contributed by atoms with Gasteiger partial charge in [-0.05, 0) is 60.6 Å². The molecule has 5 aromatic carbocycles. The molecule has 5 aromatic rings. The van der Waals surface area contributed by atoms with Gasteiger partial charge in [-0.3, -0.25) is 0 Å². The van der Waals surface area contributed by atoms with Gasteiger partial charge in [-0.15, -0.1) is 0 Å². The molecule has 0 heterocycles. The van der Waals surface area contributed by atoms with Crippen LogP contribution < -0.4 is 0 Å². The van der Waals surface area contributed by atoms with Crippen LogP contribution in [0.3, 0.4) is 0 Å². The average molecular weight is 1000 g/mol. The van der Waals surface area contributed by atoms with Crippen LogP contribution in [0.15, 0.2) is 48.5 Å². The summed E-state index contributed by atoms with van der Waals surface area (Å²) < 4.78 is 230. The third-order valence-corrected chi connectivity index (χ3v) is 8.84. The highest BCUT2D eigenvalue weighted by atomic mass is 19.4. The fourth-order valence-corrected chi connectivity index (χ4v) is 5.34. The third kappa shape index (κ3) is 16.9. The monoisotopic (exact) mass is 1000 g/mol. The minimum absolute atomic E-state index is 0.0741. The van der Waals surface area contributed by atoms with Crippen molar-refractivity contribution in [2.75, 3.05) is 0 Å². The van der Waals surface area contributed by atoms with E-state index in [-0.39, 0.29) is 29.0 Å². The molecule has 0 fully saturated rings. The Kier molecular flexibility index (Phi) is 23.5. The highest BCUT2D eigenvalue weighted by molar-refractivity contribution is 5.44. The van der Waals surface area contributed by atoms with Gasteiger partial charge < -0.3 is 0 Å². The van der Waals surface area contributed by atoms with Crippen molar-refractivity contribution in [3.8, 4) is 23.7 Å². The molecule has 0 spiro atoms. The van der Waals surface area contributed by atoms with Gasteiger partial charge in [-0.1, -0.05) is 111 Å². The summed E-state index contributed by atoms with van der Waals surface area (Å²) in [6.07, 6.45) is -5.49. The molecular weight excluding hydrogens is 955 g/mol. The minimum Gasteiger partial charge on any atom is -0.207 e. The molecule has 0 amide bonds. The predicted octanol–water partition coefficient (Wildman–Crippen LogP) is 17.2. The van der Waals surface area contributed by atoms with Crippen LogP contribution in [-0.4, -0.2) is 0 Å². The number of alkyl halides is 3. The maximum absolute atomic E-state index is 13.3. The average Bonchev–Trinajstić information content (AvgIpc) is 3.25. The van der Waals surface area contributed by atoms with E-state index in [1.165, 1.54) is 45.9 Å². The van der Waals surface area contributed by atoms with Gasteiger partial charge >= 0.3 is 6.18 Å². The summed E-state index contributed by atoms with van der Waals surface area (Å²) in [6, 6.07) is 13.1. The smallest absolute Gasteiger partial charge is 0.207 e. The van der Waals surface area contributed by atoms with E-state index in [0.717, 1.165) is 18.1 Å². The molecule has 0 saturated heterocycles. The molecule has 376 valence electrons. The molecule has 0 aliphatic rings. The molecule has 0 atom stereocenters. The topological polar surface area (TPSA) is 0 Å². The Morgan fingerprint density at radius 1 is 0.391 bits per heavy atom. The zero-order valence-electron chi connectivity index (χ0n) is 38.8. The summed E-state index contributed by atoms with van der Waals surface area (Å²) in [5.74, 6) is -15.4. The highest BCUT2D eigenvalue weighted by Crippen LogP contribution is 2.38. The quantitative estimate of drug-likeness (QED) is 0.0731. The van der Waals surface area contributed by atoms with Crippen LogP contribution in [0.2, 0.25) is 0 Å². The molecule has 0 aliphatic heterocycles. The summed E-state index contributed by atoms with van der Waals surface area (Å²) in [7, 11) is 0. The standard InChI is InChI=1S/C12H10F4.C11H11F.C10H7F7.C9H7F5.C9H11F/c1-6(2)4-5-8-7(3)9(13)11(15)12(16)10(8)14;1-9(2)3-4-10-5-7-11(12)8-6-10;1-3(2)4-6(11)8(13)5(10(15,16)17)9(14)7(4)12;1-3(2)4-5(10)7(12)9(14)8(13)6(4)11;1-7(2)8-5-3-4-6-9(8)10/h6H,1-3H3;5-9H,1-2H3;3H,1-2H3;3H,1-2H3;3-7H,1-2H3. The van der Waals surface area contributed by atoms with Gasteiger partial charge in [-0.25, -0.2) is 65.9 Å². The van der Waals surface area contributed by atoms with E-state index in [4.69, 9.17) is 0 Å². The number of hydrogen-bond acceptors (Lipinski definition) is 0. The highest BCUT2D eigenvalue weighted by Gasteiger charge is 2.42. The summed E-state index contributed by atoms with van der Waals surface area (Å²) >= 11 is 0. The first-order chi connectivity index (χ1) is 31.7. The Balaban J connectivity index is 0.000000436. The van der Waals surface area contributed by atoms with Crippen molar-refractivity contribution >= 4 is 0 Å². The van der Waals surface area contributed by atoms with E-state index < -0.39 is 116 Å². The molecule has 0 bridgehead atoms. The Morgan fingerprint density at radius 3 is 1.12 bits per heavy atom. The molecule has 18 heteroatoms. The molecule has 0 radical (unpaired) electrons. The van der Waals surface area contributed by atoms with Gasteiger partial charge in [0, 0.05) is 34.1 Å².